The molecule has 0 aromatic carbocycles. The summed E-state index contributed by atoms with van der Waals surface area (Å²) in [5.74, 6) is 0. The van der Waals surface area contributed by atoms with Crippen molar-refractivity contribution in [1.29, 1.82) is 0 Å². The largest absolute Gasteiger partial charge is 0.351 e. The molecule has 2 aliphatic heterocycles. The van der Waals surface area contributed by atoms with Crippen LogP contribution in [0.15, 0.2) is 0 Å². The van der Waals surface area contributed by atoms with E-state index in [2.05, 4.69) is 5.06 Å². The second-order valence-corrected chi connectivity index (χ2v) is 3.16. The average molecular weight is 157 g/mol. The van der Waals surface area contributed by atoms with E-state index < -0.39 is 0 Å². The fraction of sp³-hybridized carbons (Fsp3) is 1.00. The third kappa shape index (κ3) is 1.41. The molecule has 0 aromatic heterocycles. The van der Waals surface area contributed by atoms with Gasteiger partial charge < -0.3 is 4.74 Å². The Morgan fingerprint density at radius 2 is 2.55 bits per heavy atom. The molecule has 0 amide bonds. The van der Waals surface area contributed by atoms with Crippen molar-refractivity contribution in [3.8, 4) is 0 Å². The van der Waals surface area contributed by atoms with Crippen LogP contribution in [-0.4, -0.2) is 30.5 Å². The van der Waals surface area contributed by atoms with Crippen LogP contribution in [0.25, 0.3) is 0 Å². The van der Waals surface area contributed by atoms with E-state index in [4.69, 9.17) is 9.57 Å². The topological polar surface area (TPSA) is 21.7 Å². The van der Waals surface area contributed by atoms with E-state index in [9.17, 15) is 0 Å². The van der Waals surface area contributed by atoms with Gasteiger partial charge in [0.2, 0.25) is 0 Å². The second-order valence-electron chi connectivity index (χ2n) is 3.16. The SMILES string of the molecule is CCOC1CC2CCCN2O1. The number of hydrogen-bond acceptors (Lipinski definition) is 3. The first kappa shape index (κ1) is 7.53. The summed E-state index contributed by atoms with van der Waals surface area (Å²) < 4.78 is 5.38. The minimum atomic E-state index is 0.0466. The molecule has 0 N–H and O–H groups in total. The van der Waals surface area contributed by atoms with Crippen LogP contribution in [0, 0.1) is 0 Å². The van der Waals surface area contributed by atoms with Crippen molar-refractivity contribution in [2.45, 2.75) is 38.5 Å². The van der Waals surface area contributed by atoms with E-state index in [-0.39, 0.29) is 6.29 Å². The van der Waals surface area contributed by atoms with Gasteiger partial charge in [0.1, 0.15) is 0 Å². The summed E-state index contributed by atoms with van der Waals surface area (Å²) in [5.41, 5.74) is 0. The molecular formula is C8H15NO2. The molecule has 0 spiro atoms. The predicted molar refractivity (Wildman–Crippen MR) is 40.8 cm³/mol. The summed E-state index contributed by atoms with van der Waals surface area (Å²) in [6.07, 6.45) is 3.67. The number of rotatable bonds is 2. The highest BCUT2D eigenvalue weighted by molar-refractivity contribution is 4.79. The summed E-state index contributed by atoms with van der Waals surface area (Å²) in [4.78, 5) is 5.54. The second kappa shape index (κ2) is 3.09. The van der Waals surface area contributed by atoms with Gasteiger partial charge in [-0.25, -0.2) is 0 Å². The zero-order valence-corrected chi connectivity index (χ0v) is 6.95. The highest BCUT2D eigenvalue weighted by atomic mass is 16.8. The Kier molecular flexibility index (Phi) is 2.11. The van der Waals surface area contributed by atoms with Gasteiger partial charge in [-0.3, -0.25) is 4.84 Å². The third-order valence-electron chi connectivity index (χ3n) is 2.39. The lowest BCUT2D eigenvalue weighted by molar-refractivity contribution is -0.230. The van der Waals surface area contributed by atoms with Gasteiger partial charge >= 0.3 is 0 Å². The number of fused-ring (bicyclic) bond motifs is 1. The summed E-state index contributed by atoms with van der Waals surface area (Å²) in [6.45, 7) is 3.85. The van der Waals surface area contributed by atoms with E-state index in [1.165, 1.54) is 12.8 Å². The van der Waals surface area contributed by atoms with E-state index in [0.29, 0.717) is 6.04 Å². The predicted octanol–water partition coefficient (Wildman–Crippen LogP) is 1.15. The van der Waals surface area contributed by atoms with Gasteiger partial charge in [-0.15, -0.1) is 0 Å². The molecule has 11 heavy (non-hydrogen) atoms. The standard InChI is InChI=1S/C8H15NO2/c1-2-10-8-6-7-4-3-5-9(7)11-8/h7-8H,2-6H2,1H3. The molecule has 2 heterocycles. The van der Waals surface area contributed by atoms with E-state index in [1.807, 2.05) is 6.92 Å². The van der Waals surface area contributed by atoms with Gasteiger partial charge in [-0.2, -0.15) is 5.06 Å². The maximum Gasteiger partial charge on any atom is 0.179 e. The molecule has 3 nitrogen and oxygen atoms in total. The third-order valence-corrected chi connectivity index (χ3v) is 2.39. The zero-order chi connectivity index (χ0) is 7.68. The van der Waals surface area contributed by atoms with Crippen molar-refractivity contribution in [2.24, 2.45) is 0 Å². The Labute approximate surface area is 67.2 Å². The summed E-state index contributed by atoms with van der Waals surface area (Å²) in [5, 5.41) is 2.08. The molecule has 0 bridgehead atoms. The lowest BCUT2D eigenvalue weighted by Crippen LogP contribution is -2.21. The molecular weight excluding hydrogens is 142 g/mol. The molecule has 2 rings (SSSR count). The van der Waals surface area contributed by atoms with Crippen LogP contribution >= 0.6 is 0 Å². The molecule has 64 valence electrons. The molecule has 0 saturated carbocycles. The maximum atomic E-state index is 5.54. The van der Waals surface area contributed by atoms with Crippen LogP contribution in [0.4, 0.5) is 0 Å². The normalized spacial score (nSPS) is 37.9. The summed E-state index contributed by atoms with van der Waals surface area (Å²) in [7, 11) is 0. The smallest absolute Gasteiger partial charge is 0.179 e. The Morgan fingerprint density at radius 1 is 1.64 bits per heavy atom. The van der Waals surface area contributed by atoms with Gasteiger partial charge in [0, 0.05) is 25.6 Å². The maximum absolute atomic E-state index is 5.54. The summed E-state index contributed by atoms with van der Waals surface area (Å²) >= 11 is 0. The molecule has 0 radical (unpaired) electrons. The fourth-order valence-electron chi connectivity index (χ4n) is 1.88. The van der Waals surface area contributed by atoms with Crippen LogP contribution in [-0.2, 0) is 9.57 Å². The molecule has 0 aromatic rings. The Morgan fingerprint density at radius 3 is 3.27 bits per heavy atom. The fourth-order valence-corrected chi connectivity index (χ4v) is 1.88. The lowest BCUT2D eigenvalue weighted by atomic mass is 10.2. The average Bonchev–Trinajstić information content (AvgIpc) is 2.46. The summed E-state index contributed by atoms with van der Waals surface area (Å²) in [6, 6.07) is 0.645. The van der Waals surface area contributed by atoms with Crippen LogP contribution in [0.1, 0.15) is 26.2 Å². The van der Waals surface area contributed by atoms with Gasteiger partial charge in [-0.05, 0) is 19.8 Å². The molecule has 2 saturated heterocycles. The molecule has 3 heteroatoms. The number of hydrogen-bond donors (Lipinski definition) is 0. The van der Waals surface area contributed by atoms with E-state index >= 15 is 0 Å². The first-order valence-electron chi connectivity index (χ1n) is 4.45. The van der Waals surface area contributed by atoms with E-state index in [1.54, 1.807) is 0 Å². The molecule has 2 atom stereocenters. The Balaban J connectivity index is 1.84. The first-order chi connectivity index (χ1) is 5.40. The Bertz CT molecular complexity index is 128. The van der Waals surface area contributed by atoms with Crippen molar-refractivity contribution in [3.63, 3.8) is 0 Å². The zero-order valence-electron chi connectivity index (χ0n) is 6.95. The number of hydroxylamine groups is 2. The Hall–Kier alpha value is -0.120. The first-order valence-corrected chi connectivity index (χ1v) is 4.45. The number of ether oxygens (including phenoxy) is 1. The van der Waals surface area contributed by atoms with Crippen LogP contribution < -0.4 is 0 Å². The van der Waals surface area contributed by atoms with Gasteiger partial charge in [0.15, 0.2) is 6.29 Å². The van der Waals surface area contributed by atoms with Gasteiger partial charge in [0.25, 0.3) is 0 Å². The highest BCUT2D eigenvalue weighted by Gasteiger charge is 2.36. The molecule has 2 fully saturated rings. The minimum absolute atomic E-state index is 0.0466. The molecule has 0 aliphatic carbocycles. The van der Waals surface area contributed by atoms with Crippen molar-refractivity contribution >= 4 is 0 Å². The lowest BCUT2D eigenvalue weighted by Gasteiger charge is -2.13. The van der Waals surface area contributed by atoms with Crippen LogP contribution in [0.5, 0.6) is 0 Å². The molecule has 2 unspecified atom stereocenters. The van der Waals surface area contributed by atoms with Crippen LogP contribution in [0.3, 0.4) is 0 Å². The van der Waals surface area contributed by atoms with Crippen molar-refractivity contribution in [3.05, 3.63) is 0 Å². The van der Waals surface area contributed by atoms with E-state index in [0.717, 1.165) is 19.6 Å². The van der Waals surface area contributed by atoms with Gasteiger partial charge in [0.05, 0.1) is 0 Å². The van der Waals surface area contributed by atoms with Crippen molar-refractivity contribution in [1.82, 2.24) is 5.06 Å². The quantitative estimate of drug-likeness (QED) is 0.600. The van der Waals surface area contributed by atoms with Crippen molar-refractivity contribution in [2.75, 3.05) is 13.2 Å². The van der Waals surface area contributed by atoms with Crippen molar-refractivity contribution < 1.29 is 9.57 Å². The molecule has 2 aliphatic rings. The van der Waals surface area contributed by atoms with Gasteiger partial charge in [-0.1, -0.05) is 0 Å². The monoisotopic (exact) mass is 157 g/mol. The number of nitrogens with zero attached hydrogens (tertiary/aromatic N) is 1. The van der Waals surface area contributed by atoms with Crippen LogP contribution in [0.2, 0.25) is 0 Å². The highest BCUT2D eigenvalue weighted by Crippen LogP contribution is 2.30. The minimum Gasteiger partial charge on any atom is -0.351 e.